The van der Waals surface area contributed by atoms with Gasteiger partial charge in [0.2, 0.25) is 0 Å². The van der Waals surface area contributed by atoms with Gasteiger partial charge in [-0.05, 0) is 50.5 Å². The Morgan fingerprint density at radius 2 is 2.09 bits per heavy atom. The van der Waals surface area contributed by atoms with Crippen LogP contribution in [-0.2, 0) is 4.79 Å². The number of carbonyl (C=O) groups is 1. The lowest BCUT2D eigenvalue weighted by Crippen LogP contribution is -2.50. The summed E-state index contributed by atoms with van der Waals surface area (Å²) in [6, 6.07) is 5.23. The number of ether oxygens (including phenoxy) is 1. The number of aliphatic hydroxyl groups is 1. The van der Waals surface area contributed by atoms with E-state index in [1.54, 1.807) is 31.0 Å². The van der Waals surface area contributed by atoms with E-state index in [0.717, 1.165) is 31.2 Å². The van der Waals surface area contributed by atoms with Crippen LogP contribution in [0.2, 0.25) is 5.02 Å². The fraction of sp³-hybridized carbons (Fsp3) is 0.588. The van der Waals surface area contributed by atoms with Crippen LogP contribution < -0.4 is 4.74 Å². The summed E-state index contributed by atoms with van der Waals surface area (Å²) >= 11 is 5.99. The van der Waals surface area contributed by atoms with Gasteiger partial charge in [-0.1, -0.05) is 24.4 Å². The number of carbonyl (C=O) groups excluding carboxylic acids is 1. The van der Waals surface area contributed by atoms with E-state index < -0.39 is 12.2 Å². The van der Waals surface area contributed by atoms with E-state index in [4.69, 9.17) is 16.3 Å². The van der Waals surface area contributed by atoms with Crippen molar-refractivity contribution >= 4 is 17.5 Å². The highest BCUT2D eigenvalue weighted by Crippen LogP contribution is 2.25. The van der Waals surface area contributed by atoms with E-state index in [0.29, 0.717) is 10.8 Å². The van der Waals surface area contributed by atoms with Crippen LogP contribution in [0.5, 0.6) is 5.75 Å². The zero-order chi connectivity index (χ0) is 16.3. The third-order valence-corrected chi connectivity index (χ3v) is 4.75. The van der Waals surface area contributed by atoms with Gasteiger partial charge in [-0.3, -0.25) is 4.79 Å². The van der Waals surface area contributed by atoms with Gasteiger partial charge in [0.25, 0.3) is 5.91 Å². The molecule has 22 heavy (non-hydrogen) atoms. The lowest BCUT2D eigenvalue weighted by atomic mass is 9.91. The zero-order valence-electron chi connectivity index (χ0n) is 13.4. The monoisotopic (exact) mass is 325 g/mol. The molecule has 3 atom stereocenters. The van der Waals surface area contributed by atoms with Crippen LogP contribution >= 0.6 is 11.6 Å². The van der Waals surface area contributed by atoms with Crippen LogP contribution in [0.1, 0.15) is 38.2 Å². The molecule has 1 aliphatic rings. The molecular formula is C17H24ClNO3. The minimum Gasteiger partial charge on any atom is -0.481 e. The van der Waals surface area contributed by atoms with E-state index in [1.165, 1.54) is 0 Å². The molecule has 1 saturated carbocycles. The first-order valence-electron chi connectivity index (χ1n) is 7.77. The summed E-state index contributed by atoms with van der Waals surface area (Å²) in [6.45, 7) is 3.63. The van der Waals surface area contributed by atoms with E-state index in [1.807, 2.05) is 13.0 Å². The Morgan fingerprint density at radius 3 is 2.73 bits per heavy atom. The Balaban J connectivity index is 2.00. The van der Waals surface area contributed by atoms with Crippen LogP contribution in [0.3, 0.4) is 0 Å². The van der Waals surface area contributed by atoms with Crippen molar-refractivity contribution < 1.29 is 14.6 Å². The number of hydrogen-bond donors (Lipinski definition) is 1. The average Bonchev–Trinajstić information content (AvgIpc) is 2.50. The molecule has 1 amide bonds. The number of aryl methyl sites for hydroxylation is 1. The molecule has 122 valence electrons. The van der Waals surface area contributed by atoms with Crippen LogP contribution in [0.25, 0.3) is 0 Å². The lowest BCUT2D eigenvalue weighted by molar-refractivity contribution is -0.142. The first-order valence-corrected chi connectivity index (χ1v) is 8.15. The number of hydrogen-bond acceptors (Lipinski definition) is 3. The second-order valence-corrected chi connectivity index (χ2v) is 6.45. The quantitative estimate of drug-likeness (QED) is 0.925. The van der Waals surface area contributed by atoms with E-state index in [-0.39, 0.29) is 11.9 Å². The van der Waals surface area contributed by atoms with Crippen LogP contribution in [0, 0.1) is 6.92 Å². The van der Waals surface area contributed by atoms with Crippen molar-refractivity contribution in [2.45, 2.75) is 57.8 Å². The first kappa shape index (κ1) is 17.1. The highest BCUT2D eigenvalue weighted by Gasteiger charge is 2.31. The molecule has 0 spiro atoms. The number of rotatable bonds is 4. The summed E-state index contributed by atoms with van der Waals surface area (Å²) in [4.78, 5) is 14.1. The molecule has 1 N–H and O–H groups in total. The standard InChI is InChI=1S/C17H24ClNO3/c1-11-10-13(8-9-14(11)18)22-12(2)17(21)19(3)15-6-4-5-7-16(15)20/h8-10,12,15-16,20H,4-7H2,1-3H3/t12-,15-,16-/m1/s1. The molecule has 2 rings (SSSR count). The minimum atomic E-state index is -0.597. The molecule has 0 aromatic heterocycles. The number of amides is 1. The normalized spacial score (nSPS) is 23.0. The van der Waals surface area contributed by atoms with E-state index in [2.05, 4.69) is 0 Å². The summed E-state index contributed by atoms with van der Waals surface area (Å²) in [6.07, 6.45) is 2.64. The Bertz CT molecular complexity index is 535. The van der Waals surface area contributed by atoms with Gasteiger partial charge < -0.3 is 14.7 Å². The summed E-state index contributed by atoms with van der Waals surface area (Å²) in [7, 11) is 1.74. The summed E-state index contributed by atoms with van der Waals surface area (Å²) < 4.78 is 5.73. The zero-order valence-corrected chi connectivity index (χ0v) is 14.1. The van der Waals surface area contributed by atoms with Crippen molar-refractivity contribution in [3.05, 3.63) is 28.8 Å². The SMILES string of the molecule is Cc1cc(O[C@H](C)C(=O)N(C)[C@@H]2CCCC[C@H]2O)ccc1Cl. The third-order valence-electron chi connectivity index (χ3n) is 4.33. The van der Waals surface area contributed by atoms with Crippen molar-refractivity contribution in [2.24, 2.45) is 0 Å². The molecule has 0 heterocycles. The van der Waals surface area contributed by atoms with Crippen molar-refractivity contribution in [3.8, 4) is 5.75 Å². The van der Waals surface area contributed by atoms with E-state index >= 15 is 0 Å². The maximum atomic E-state index is 12.5. The molecule has 5 heteroatoms. The van der Waals surface area contributed by atoms with Crippen molar-refractivity contribution in [1.29, 1.82) is 0 Å². The maximum Gasteiger partial charge on any atom is 0.263 e. The predicted molar refractivity (Wildman–Crippen MR) is 87.3 cm³/mol. The van der Waals surface area contributed by atoms with Crippen molar-refractivity contribution in [2.75, 3.05) is 7.05 Å². The molecule has 0 radical (unpaired) electrons. The van der Waals surface area contributed by atoms with E-state index in [9.17, 15) is 9.90 Å². The largest absolute Gasteiger partial charge is 0.481 e. The van der Waals surface area contributed by atoms with Gasteiger partial charge in [-0.25, -0.2) is 0 Å². The molecule has 0 saturated heterocycles. The second kappa shape index (κ2) is 7.34. The topological polar surface area (TPSA) is 49.8 Å². The Morgan fingerprint density at radius 1 is 1.41 bits per heavy atom. The first-order chi connectivity index (χ1) is 10.4. The van der Waals surface area contributed by atoms with Gasteiger partial charge in [0.05, 0.1) is 12.1 Å². The number of nitrogens with zero attached hydrogens (tertiary/aromatic N) is 1. The van der Waals surface area contributed by atoms with Gasteiger partial charge in [0.15, 0.2) is 6.10 Å². The molecule has 1 aliphatic carbocycles. The van der Waals surface area contributed by atoms with Gasteiger partial charge in [0, 0.05) is 12.1 Å². The smallest absolute Gasteiger partial charge is 0.263 e. The number of aliphatic hydroxyl groups excluding tert-OH is 1. The molecule has 1 aromatic rings. The van der Waals surface area contributed by atoms with Gasteiger partial charge in [-0.15, -0.1) is 0 Å². The fourth-order valence-electron chi connectivity index (χ4n) is 2.94. The molecule has 0 aliphatic heterocycles. The van der Waals surface area contributed by atoms with Crippen molar-refractivity contribution in [3.63, 3.8) is 0 Å². The average molecular weight is 326 g/mol. The number of likely N-dealkylation sites (N-methyl/N-ethyl adjacent to an activating group) is 1. The van der Waals surface area contributed by atoms with Gasteiger partial charge >= 0.3 is 0 Å². The van der Waals surface area contributed by atoms with Crippen molar-refractivity contribution in [1.82, 2.24) is 4.90 Å². The van der Waals surface area contributed by atoms with Crippen LogP contribution in [-0.4, -0.2) is 41.2 Å². The molecule has 1 fully saturated rings. The van der Waals surface area contributed by atoms with Gasteiger partial charge in [-0.2, -0.15) is 0 Å². The Hall–Kier alpha value is -1.26. The lowest BCUT2D eigenvalue weighted by Gasteiger charge is -2.36. The summed E-state index contributed by atoms with van der Waals surface area (Å²) in [5.41, 5.74) is 0.912. The molecule has 0 unspecified atom stereocenters. The second-order valence-electron chi connectivity index (χ2n) is 6.04. The summed E-state index contributed by atoms with van der Waals surface area (Å²) in [5.74, 6) is 0.513. The summed E-state index contributed by atoms with van der Waals surface area (Å²) in [5, 5.41) is 10.8. The predicted octanol–water partition coefficient (Wildman–Crippen LogP) is 3.18. The minimum absolute atomic E-state index is 0.112. The van der Waals surface area contributed by atoms with Gasteiger partial charge in [0.1, 0.15) is 5.75 Å². The number of benzene rings is 1. The molecular weight excluding hydrogens is 302 g/mol. The molecule has 0 bridgehead atoms. The van der Waals surface area contributed by atoms with Crippen LogP contribution in [0.15, 0.2) is 18.2 Å². The highest BCUT2D eigenvalue weighted by molar-refractivity contribution is 6.31. The number of halogens is 1. The fourth-order valence-corrected chi connectivity index (χ4v) is 3.06. The molecule has 4 nitrogen and oxygen atoms in total. The maximum absolute atomic E-state index is 12.5. The third kappa shape index (κ3) is 3.93. The molecule has 1 aromatic carbocycles. The Kier molecular flexibility index (Phi) is 5.70. The van der Waals surface area contributed by atoms with Crippen LogP contribution in [0.4, 0.5) is 0 Å². The highest BCUT2D eigenvalue weighted by atomic mass is 35.5. The Labute approximate surface area is 137 Å².